The molecule has 3 aromatic rings. The van der Waals surface area contributed by atoms with Crippen molar-refractivity contribution in [2.45, 2.75) is 31.7 Å². The van der Waals surface area contributed by atoms with Crippen molar-refractivity contribution in [2.24, 2.45) is 0 Å². The number of aryl methyl sites for hydroxylation is 1. The van der Waals surface area contributed by atoms with Gasteiger partial charge in [-0.05, 0) is 30.2 Å². The number of benzene rings is 2. The number of carbonyl (C=O) groups excluding carboxylic acids is 1. The molecule has 1 N–H and O–H groups in total. The van der Waals surface area contributed by atoms with Crippen LogP contribution in [0.5, 0.6) is 5.75 Å². The summed E-state index contributed by atoms with van der Waals surface area (Å²) in [6, 6.07) is 11.7. The summed E-state index contributed by atoms with van der Waals surface area (Å²) in [4.78, 5) is 22.8. The molecule has 0 saturated heterocycles. The molecule has 172 valence electrons. The van der Waals surface area contributed by atoms with Gasteiger partial charge >= 0.3 is 0 Å². The number of hydrogen-bond donors (Lipinski definition) is 1. The maximum Gasteiger partial charge on any atom is 0.271 e. The van der Waals surface area contributed by atoms with Crippen LogP contribution in [0, 0.1) is 10.1 Å². The van der Waals surface area contributed by atoms with Gasteiger partial charge in [-0.2, -0.15) is 0 Å². The number of allylic oxidation sites excluding steroid dienone is 1. The number of ether oxygens (including phenoxy) is 1. The van der Waals surface area contributed by atoms with Crippen LogP contribution < -0.4 is 10.1 Å². The first-order chi connectivity index (χ1) is 15.9. The molecule has 1 aromatic heterocycles. The third kappa shape index (κ3) is 6.56. The van der Waals surface area contributed by atoms with Crippen LogP contribution in [-0.4, -0.2) is 31.3 Å². The summed E-state index contributed by atoms with van der Waals surface area (Å²) in [5, 5.41) is 22.6. The van der Waals surface area contributed by atoms with E-state index in [-0.39, 0.29) is 34.7 Å². The average Bonchev–Trinajstić information content (AvgIpc) is 3.19. The van der Waals surface area contributed by atoms with Crippen molar-refractivity contribution >= 4 is 40.6 Å². The third-order valence-electron chi connectivity index (χ3n) is 4.57. The van der Waals surface area contributed by atoms with Gasteiger partial charge in [-0.1, -0.05) is 48.5 Å². The Kier molecular flexibility index (Phi) is 8.45. The van der Waals surface area contributed by atoms with Gasteiger partial charge in [-0.15, -0.1) is 16.8 Å². The van der Waals surface area contributed by atoms with Gasteiger partial charge in [0, 0.05) is 18.7 Å². The largest absolute Gasteiger partial charge is 0.486 e. The molecule has 0 unspecified atom stereocenters. The lowest BCUT2D eigenvalue weighted by atomic mass is 10.2. The fourth-order valence-electron chi connectivity index (χ4n) is 2.85. The fourth-order valence-corrected chi connectivity index (χ4v) is 3.78. The first kappa shape index (κ1) is 24.3. The Hall–Kier alpha value is -3.37. The van der Waals surface area contributed by atoms with Crippen molar-refractivity contribution in [1.29, 1.82) is 0 Å². The van der Waals surface area contributed by atoms with E-state index in [1.54, 1.807) is 6.08 Å². The second-order valence-corrected chi connectivity index (χ2v) is 8.19. The number of rotatable bonds is 11. The molecule has 0 atom stereocenters. The quantitative estimate of drug-likeness (QED) is 0.177. The summed E-state index contributed by atoms with van der Waals surface area (Å²) in [6.45, 7) is 6.51. The summed E-state index contributed by atoms with van der Waals surface area (Å²) in [6.07, 6.45) is 2.66. The van der Waals surface area contributed by atoms with Crippen LogP contribution in [0.4, 0.5) is 11.4 Å². The lowest BCUT2D eigenvalue weighted by molar-refractivity contribution is -0.384. The average molecular weight is 488 g/mol. The van der Waals surface area contributed by atoms with Crippen molar-refractivity contribution in [2.75, 3.05) is 11.1 Å². The van der Waals surface area contributed by atoms with Crippen LogP contribution in [0.25, 0.3) is 0 Å². The number of aromatic nitrogens is 3. The minimum absolute atomic E-state index is 0.00757. The molecule has 1 amide bonds. The highest BCUT2D eigenvalue weighted by atomic mass is 35.5. The second-order valence-electron chi connectivity index (χ2n) is 6.84. The number of hydrogen-bond acceptors (Lipinski definition) is 7. The predicted octanol–water partition coefficient (Wildman–Crippen LogP) is 4.90. The topological polar surface area (TPSA) is 112 Å². The Labute approximate surface area is 200 Å². The van der Waals surface area contributed by atoms with Crippen molar-refractivity contribution in [1.82, 2.24) is 14.8 Å². The van der Waals surface area contributed by atoms with Gasteiger partial charge < -0.3 is 10.1 Å². The molecule has 9 nitrogen and oxygen atoms in total. The number of halogens is 1. The van der Waals surface area contributed by atoms with E-state index in [9.17, 15) is 14.9 Å². The molecule has 0 bridgehead atoms. The summed E-state index contributed by atoms with van der Waals surface area (Å²) in [7, 11) is 0. The van der Waals surface area contributed by atoms with Crippen molar-refractivity contribution < 1.29 is 14.5 Å². The summed E-state index contributed by atoms with van der Waals surface area (Å²) in [5.41, 5.74) is 1.23. The number of amides is 1. The number of thioether (sulfide) groups is 1. The fraction of sp³-hybridized carbons (Fsp3) is 0.227. The molecule has 0 saturated carbocycles. The van der Waals surface area contributed by atoms with Gasteiger partial charge in [-0.3, -0.25) is 19.5 Å². The van der Waals surface area contributed by atoms with Crippen LogP contribution >= 0.6 is 23.4 Å². The van der Waals surface area contributed by atoms with Gasteiger partial charge in [0.25, 0.3) is 5.69 Å². The molecule has 0 radical (unpaired) electrons. The van der Waals surface area contributed by atoms with E-state index in [0.717, 1.165) is 12.2 Å². The minimum Gasteiger partial charge on any atom is -0.486 e. The maximum atomic E-state index is 12.4. The number of nitrogens with one attached hydrogen (secondary N) is 1. The monoisotopic (exact) mass is 487 g/mol. The van der Waals surface area contributed by atoms with E-state index < -0.39 is 4.92 Å². The Bertz CT molecular complexity index is 1150. The normalized spacial score (nSPS) is 10.6. The SMILES string of the molecule is C=CCn1c(COc2ccc(CC)cc2)nnc1SCC(=O)Nc1cc([N+](=O)[O-])ccc1Cl. The molecule has 0 spiro atoms. The van der Waals surface area contributed by atoms with Crippen LogP contribution in [0.2, 0.25) is 5.02 Å². The molecule has 3 rings (SSSR count). The Morgan fingerprint density at radius 1 is 1.30 bits per heavy atom. The highest BCUT2D eigenvalue weighted by molar-refractivity contribution is 7.99. The molecule has 0 fully saturated rings. The zero-order chi connectivity index (χ0) is 23.8. The number of non-ortho nitro benzene ring substituents is 1. The lowest BCUT2D eigenvalue weighted by Gasteiger charge is -2.10. The first-order valence-electron chi connectivity index (χ1n) is 10.0. The first-order valence-corrected chi connectivity index (χ1v) is 11.4. The number of nitro groups is 1. The molecular formula is C22H22ClN5O4S. The summed E-state index contributed by atoms with van der Waals surface area (Å²) >= 11 is 7.21. The summed E-state index contributed by atoms with van der Waals surface area (Å²) in [5.74, 6) is 0.944. The smallest absolute Gasteiger partial charge is 0.271 e. The van der Waals surface area contributed by atoms with Gasteiger partial charge in [0.15, 0.2) is 11.0 Å². The van der Waals surface area contributed by atoms with Crippen molar-refractivity contribution in [3.05, 3.63) is 81.6 Å². The van der Waals surface area contributed by atoms with Gasteiger partial charge in [0.05, 0.1) is 21.4 Å². The minimum atomic E-state index is -0.555. The molecule has 0 aliphatic rings. The van der Waals surface area contributed by atoms with E-state index >= 15 is 0 Å². The highest BCUT2D eigenvalue weighted by Gasteiger charge is 2.16. The van der Waals surface area contributed by atoms with Gasteiger partial charge in [0.1, 0.15) is 12.4 Å². The number of nitrogens with zero attached hydrogens (tertiary/aromatic N) is 4. The Morgan fingerprint density at radius 3 is 2.73 bits per heavy atom. The molecule has 0 aliphatic heterocycles. The van der Waals surface area contributed by atoms with Crippen LogP contribution in [0.15, 0.2) is 60.3 Å². The second kappa shape index (κ2) is 11.5. The molecule has 0 aliphatic carbocycles. The van der Waals surface area contributed by atoms with Crippen molar-refractivity contribution in [3.8, 4) is 5.75 Å². The van der Waals surface area contributed by atoms with Gasteiger partial charge in [-0.25, -0.2) is 0 Å². The Balaban J connectivity index is 1.63. The van der Waals surface area contributed by atoms with Crippen LogP contribution in [0.1, 0.15) is 18.3 Å². The van der Waals surface area contributed by atoms with Crippen LogP contribution in [0.3, 0.4) is 0 Å². The molecule has 11 heteroatoms. The van der Waals surface area contributed by atoms with E-state index in [1.165, 1.54) is 35.5 Å². The van der Waals surface area contributed by atoms with E-state index in [4.69, 9.17) is 16.3 Å². The predicted molar refractivity (Wildman–Crippen MR) is 128 cm³/mol. The molecule has 2 aromatic carbocycles. The molecular weight excluding hydrogens is 466 g/mol. The highest BCUT2D eigenvalue weighted by Crippen LogP contribution is 2.27. The maximum absolute atomic E-state index is 12.4. The van der Waals surface area contributed by atoms with E-state index in [1.807, 2.05) is 28.8 Å². The zero-order valence-corrected chi connectivity index (χ0v) is 19.4. The third-order valence-corrected chi connectivity index (χ3v) is 5.87. The lowest BCUT2D eigenvalue weighted by Crippen LogP contribution is -2.15. The van der Waals surface area contributed by atoms with Crippen molar-refractivity contribution in [3.63, 3.8) is 0 Å². The van der Waals surface area contributed by atoms with Gasteiger partial charge in [0.2, 0.25) is 5.91 Å². The Morgan fingerprint density at radius 2 is 2.06 bits per heavy atom. The number of nitro benzene ring substituents is 1. The number of anilines is 1. The zero-order valence-electron chi connectivity index (χ0n) is 17.9. The summed E-state index contributed by atoms with van der Waals surface area (Å²) < 4.78 is 7.64. The molecule has 1 heterocycles. The van der Waals surface area contributed by atoms with E-state index in [2.05, 4.69) is 29.0 Å². The standard InChI is InChI=1S/C22H22ClN5O4S/c1-3-11-27-20(13-32-17-8-5-15(4-2)6-9-17)25-26-22(27)33-14-21(29)24-19-12-16(28(30)31)7-10-18(19)23/h3,5-10,12H,1,4,11,13-14H2,2H3,(H,24,29). The van der Waals surface area contributed by atoms with Crippen LogP contribution in [-0.2, 0) is 24.4 Å². The number of carbonyl (C=O) groups is 1. The van der Waals surface area contributed by atoms with E-state index in [0.29, 0.717) is 17.5 Å². The molecule has 33 heavy (non-hydrogen) atoms.